The number of hydrogen-bond donors (Lipinski definition) is 2. The van der Waals surface area contributed by atoms with Crippen LogP contribution in [-0.2, 0) is 11.3 Å². The van der Waals surface area contributed by atoms with Crippen LogP contribution in [0, 0.1) is 6.92 Å². The zero-order valence-corrected chi connectivity index (χ0v) is 11.7. The van der Waals surface area contributed by atoms with Crippen molar-refractivity contribution in [1.82, 2.24) is 10.3 Å². The maximum absolute atomic E-state index is 11.9. The molecule has 1 saturated carbocycles. The maximum atomic E-state index is 11.9. The molecule has 0 bridgehead atoms. The third-order valence-corrected chi connectivity index (χ3v) is 4.59. The van der Waals surface area contributed by atoms with Crippen molar-refractivity contribution >= 4 is 17.2 Å². The monoisotopic (exact) mass is 267 g/mol. The van der Waals surface area contributed by atoms with E-state index >= 15 is 0 Å². The van der Waals surface area contributed by atoms with Gasteiger partial charge in [0, 0.05) is 16.8 Å². The fourth-order valence-corrected chi connectivity index (χ4v) is 3.21. The van der Waals surface area contributed by atoms with E-state index in [0.717, 1.165) is 36.3 Å². The summed E-state index contributed by atoms with van der Waals surface area (Å²) >= 11 is 1.58. The van der Waals surface area contributed by atoms with E-state index < -0.39 is 0 Å². The lowest BCUT2D eigenvalue weighted by Gasteiger charge is -2.32. The number of carbonyl (C=O) groups excluding carboxylic acids is 1. The average Bonchev–Trinajstić information content (AvgIpc) is 2.72. The third kappa shape index (κ3) is 3.53. The second-order valence-electron chi connectivity index (χ2n) is 5.24. The first-order chi connectivity index (χ1) is 8.59. The molecule has 0 atom stereocenters. The van der Waals surface area contributed by atoms with Gasteiger partial charge in [0.15, 0.2) is 0 Å². The fourth-order valence-electron chi connectivity index (χ4n) is 2.49. The molecule has 1 aromatic heterocycles. The Hall–Kier alpha value is -0.940. The highest BCUT2D eigenvalue weighted by Crippen LogP contribution is 2.28. The minimum absolute atomic E-state index is 0.0622. The van der Waals surface area contributed by atoms with Crippen LogP contribution >= 0.6 is 11.3 Å². The molecule has 3 N–H and O–H groups in total. The van der Waals surface area contributed by atoms with Gasteiger partial charge in [-0.05, 0) is 19.8 Å². The fraction of sp³-hybridized carbons (Fsp3) is 0.692. The highest BCUT2D eigenvalue weighted by molar-refractivity contribution is 7.09. The van der Waals surface area contributed by atoms with Crippen LogP contribution in [0.2, 0.25) is 0 Å². The van der Waals surface area contributed by atoms with Gasteiger partial charge in [0.25, 0.3) is 0 Å². The zero-order chi connectivity index (χ0) is 13.0. The Morgan fingerprint density at radius 3 is 2.83 bits per heavy atom. The lowest BCUT2D eigenvalue weighted by Crippen LogP contribution is -2.45. The number of rotatable bonds is 4. The summed E-state index contributed by atoms with van der Waals surface area (Å²) in [6, 6.07) is 0. The molecule has 1 heterocycles. The van der Waals surface area contributed by atoms with Crippen molar-refractivity contribution in [3.63, 3.8) is 0 Å². The predicted octanol–water partition coefficient (Wildman–Crippen LogP) is 2.12. The number of thiazole rings is 1. The third-order valence-electron chi connectivity index (χ3n) is 3.65. The summed E-state index contributed by atoms with van der Waals surface area (Å²) in [7, 11) is 0. The second-order valence-corrected chi connectivity index (χ2v) is 6.18. The summed E-state index contributed by atoms with van der Waals surface area (Å²) in [6.45, 7) is 2.54. The first-order valence-corrected chi connectivity index (χ1v) is 7.42. The smallest absolute Gasteiger partial charge is 0.222 e. The lowest BCUT2D eigenvalue weighted by atomic mass is 9.80. The highest BCUT2D eigenvalue weighted by atomic mass is 32.1. The van der Waals surface area contributed by atoms with E-state index in [1.54, 1.807) is 11.3 Å². The van der Waals surface area contributed by atoms with Crippen molar-refractivity contribution in [2.75, 3.05) is 0 Å². The molecule has 1 amide bonds. The molecule has 2 rings (SSSR count). The Morgan fingerprint density at radius 2 is 2.22 bits per heavy atom. The number of aryl methyl sites for hydroxylation is 1. The van der Waals surface area contributed by atoms with E-state index in [9.17, 15) is 4.79 Å². The van der Waals surface area contributed by atoms with Crippen LogP contribution in [-0.4, -0.2) is 16.4 Å². The summed E-state index contributed by atoms with van der Waals surface area (Å²) in [6.07, 6.45) is 5.95. The molecule has 0 aromatic carbocycles. The van der Waals surface area contributed by atoms with Crippen molar-refractivity contribution in [3.8, 4) is 0 Å². The highest BCUT2D eigenvalue weighted by Gasteiger charge is 2.29. The number of nitrogens with one attached hydrogen (secondary N) is 1. The van der Waals surface area contributed by atoms with Gasteiger partial charge in [-0.25, -0.2) is 4.98 Å². The first kappa shape index (κ1) is 13.5. The summed E-state index contributed by atoms with van der Waals surface area (Å²) in [4.78, 5) is 17.2. The van der Waals surface area contributed by atoms with Gasteiger partial charge in [0.1, 0.15) is 0 Å². The van der Waals surface area contributed by atoms with Gasteiger partial charge in [-0.1, -0.05) is 19.3 Å². The molecule has 1 fully saturated rings. The number of nitrogens with two attached hydrogens (primary N) is 1. The normalized spacial score (nSPS) is 18.6. The molecule has 100 valence electrons. The van der Waals surface area contributed by atoms with E-state index in [0.29, 0.717) is 13.0 Å². The predicted molar refractivity (Wildman–Crippen MR) is 73.3 cm³/mol. The molecule has 1 aromatic rings. The molecule has 5 heteroatoms. The Labute approximate surface area is 112 Å². The van der Waals surface area contributed by atoms with Crippen LogP contribution in [0.15, 0.2) is 5.51 Å². The molecule has 0 aliphatic heterocycles. The van der Waals surface area contributed by atoms with Gasteiger partial charge in [0.05, 0.1) is 17.7 Å². The van der Waals surface area contributed by atoms with Crippen LogP contribution in [0.1, 0.15) is 49.1 Å². The molecule has 18 heavy (non-hydrogen) atoms. The Kier molecular flexibility index (Phi) is 4.35. The standard InChI is InChI=1S/C13H21N3OS/c1-10-11(18-9-16-10)8-15-12(17)7-13(14)5-3-2-4-6-13/h9H,2-8,14H2,1H3,(H,15,17). The number of aromatic nitrogens is 1. The van der Waals surface area contributed by atoms with Gasteiger partial charge in [0.2, 0.25) is 5.91 Å². The number of carbonyl (C=O) groups is 1. The number of amides is 1. The quantitative estimate of drug-likeness (QED) is 0.878. The first-order valence-electron chi connectivity index (χ1n) is 6.54. The molecule has 1 aliphatic carbocycles. The largest absolute Gasteiger partial charge is 0.351 e. The van der Waals surface area contributed by atoms with Crippen LogP contribution in [0.25, 0.3) is 0 Å². The summed E-state index contributed by atoms with van der Waals surface area (Å²) in [5.41, 5.74) is 8.80. The zero-order valence-electron chi connectivity index (χ0n) is 10.9. The number of hydrogen-bond acceptors (Lipinski definition) is 4. The van der Waals surface area contributed by atoms with Gasteiger partial charge < -0.3 is 11.1 Å². The Balaban J connectivity index is 1.80. The SMILES string of the molecule is Cc1ncsc1CNC(=O)CC1(N)CCCCC1. The number of nitrogens with zero attached hydrogens (tertiary/aromatic N) is 1. The van der Waals surface area contributed by atoms with E-state index in [1.165, 1.54) is 6.42 Å². The van der Waals surface area contributed by atoms with Crippen molar-refractivity contribution in [2.45, 2.75) is 57.5 Å². The molecule has 4 nitrogen and oxygen atoms in total. The molecule has 1 aliphatic rings. The Morgan fingerprint density at radius 1 is 1.50 bits per heavy atom. The van der Waals surface area contributed by atoms with Crippen molar-refractivity contribution in [1.29, 1.82) is 0 Å². The van der Waals surface area contributed by atoms with Gasteiger partial charge >= 0.3 is 0 Å². The van der Waals surface area contributed by atoms with Crippen LogP contribution < -0.4 is 11.1 Å². The van der Waals surface area contributed by atoms with E-state index in [4.69, 9.17) is 5.73 Å². The van der Waals surface area contributed by atoms with Gasteiger partial charge in [-0.3, -0.25) is 4.79 Å². The summed E-state index contributed by atoms with van der Waals surface area (Å²) in [5, 5.41) is 2.95. The van der Waals surface area contributed by atoms with E-state index in [1.807, 2.05) is 12.4 Å². The molecule has 0 radical (unpaired) electrons. The summed E-state index contributed by atoms with van der Waals surface area (Å²) < 4.78 is 0. The molecular formula is C13H21N3OS. The van der Waals surface area contributed by atoms with E-state index in [-0.39, 0.29) is 11.4 Å². The van der Waals surface area contributed by atoms with Crippen molar-refractivity contribution in [3.05, 3.63) is 16.1 Å². The minimum Gasteiger partial charge on any atom is -0.351 e. The van der Waals surface area contributed by atoms with Gasteiger partial charge in [-0.15, -0.1) is 11.3 Å². The topological polar surface area (TPSA) is 68.0 Å². The maximum Gasteiger partial charge on any atom is 0.222 e. The van der Waals surface area contributed by atoms with Crippen molar-refractivity contribution < 1.29 is 4.79 Å². The molecule has 0 saturated heterocycles. The van der Waals surface area contributed by atoms with Crippen LogP contribution in [0.3, 0.4) is 0 Å². The van der Waals surface area contributed by atoms with Crippen LogP contribution in [0.4, 0.5) is 0 Å². The molecule has 0 unspecified atom stereocenters. The van der Waals surface area contributed by atoms with Crippen molar-refractivity contribution in [2.24, 2.45) is 5.73 Å². The Bertz CT molecular complexity index is 410. The van der Waals surface area contributed by atoms with E-state index in [2.05, 4.69) is 10.3 Å². The second kappa shape index (κ2) is 5.80. The molecular weight excluding hydrogens is 246 g/mol. The average molecular weight is 267 g/mol. The molecule has 0 spiro atoms. The van der Waals surface area contributed by atoms with Crippen LogP contribution in [0.5, 0.6) is 0 Å². The van der Waals surface area contributed by atoms with Gasteiger partial charge in [-0.2, -0.15) is 0 Å². The summed E-state index contributed by atoms with van der Waals surface area (Å²) in [5.74, 6) is 0.0622. The lowest BCUT2D eigenvalue weighted by molar-refractivity contribution is -0.122. The minimum atomic E-state index is -0.273.